The van der Waals surface area contributed by atoms with Gasteiger partial charge in [0.25, 0.3) is 0 Å². The Hall–Kier alpha value is -1.64. The van der Waals surface area contributed by atoms with Gasteiger partial charge in [-0.1, -0.05) is 31.2 Å². The van der Waals surface area contributed by atoms with Crippen LogP contribution in [0.3, 0.4) is 0 Å². The van der Waals surface area contributed by atoms with Crippen LogP contribution in [-0.2, 0) is 9.59 Å². The Kier molecular flexibility index (Phi) is 4.44. The zero-order valence-electron chi connectivity index (χ0n) is 10.4. The topological polar surface area (TPSA) is 54.4 Å². The van der Waals surface area contributed by atoms with Gasteiger partial charge >= 0.3 is 5.97 Å². The van der Waals surface area contributed by atoms with Crippen LogP contribution in [0.4, 0.5) is 0 Å². The van der Waals surface area contributed by atoms with E-state index < -0.39 is 11.9 Å². The molecule has 2 atom stereocenters. The van der Waals surface area contributed by atoms with Gasteiger partial charge < -0.3 is 5.11 Å². The highest BCUT2D eigenvalue weighted by molar-refractivity contribution is 5.98. The van der Waals surface area contributed by atoms with Crippen molar-refractivity contribution in [3.63, 3.8) is 0 Å². The predicted octanol–water partition coefficient (Wildman–Crippen LogP) is 2.78. The Labute approximate surface area is 101 Å². The lowest BCUT2D eigenvalue weighted by molar-refractivity contribution is -0.146. The summed E-state index contributed by atoms with van der Waals surface area (Å²) in [5.74, 6) is -2.51. The van der Waals surface area contributed by atoms with Crippen LogP contribution in [0.5, 0.6) is 0 Å². The first-order valence-electron chi connectivity index (χ1n) is 5.77. The van der Waals surface area contributed by atoms with E-state index in [1.807, 2.05) is 38.1 Å². The number of rotatable bonds is 5. The Morgan fingerprint density at radius 3 is 2.29 bits per heavy atom. The Morgan fingerprint density at radius 2 is 1.88 bits per heavy atom. The monoisotopic (exact) mass is 234 g/mol. The number of aliphatic carboxylic acids is 1. The minimum Gasteiger partial charge on any atom is -0.481 e. The van der Waals surface area contributed by atoms with Crippen molar-refractivity contribution >= 4 is 11.8 Å². The smallest absolute Gasteiger partial charge is 0.314 e. The zero-order valence-corrected chi connectivity index (χ0v) is 10.4. The highest BCUT2D eigenvalue weighted by Crippen LogP contribution is 2.31. The first-order valence-corrected chi connectivity index (χ1v) is 5.77. The largest absolute Gasteiger partial charge is 0.481 e. The first-order chi connectivity index (χ1) is 7.99. The van der Waals surface area contributed by atoms with E-state index in [0.29, 0.717) is 6.42 Å². The van der Waals surface area contributed by atoms with Crippen LogP contribution in [-0.4, -0.2) is 16.9 Å². The molecule has 0 aliphatic heterocycles. The summed E-state index contributed by atoms with van der Waals surface area (Å²) in [5, 5.41) is 9.18. The van der Waals surface area contributed by atoms with E-state index >= 15 is 0 Å². The molecule has 2 unspecified atom stereocenters. The number of aryl methyl sites for hydroxylation is 1. The molecule has 3 heteroatoms. The van der Waals surface area contributed by atoms with E-state index in [9.17, 15) is 14.7 Å². The molecule has 1 N–H and O–H groups in total. The molecular formula is C14H18O3. The molecule has 3 nitrogen and oxygen atoms in total. The average Bonchev–Trinajstić information content (AvgIpc) is 2.25. The van der Waals surface area contributed by atoms with E-state index in [-0.39, 0.29) is 11.7 Å². The minimum atomic E-state index is -1.03. The fourth-order valence-corrected chi connectivity index (χ4v) is 2.27. The van der Waals surface area contributed by atoms with Gasteiger partial charge in [0.15, 0.2) is 0 Å². The van der Waals surface area contributed by atoms with Crippen molar-refractivity contribution < 1.29 is 14.7 Å². The maximum absolute atomic E-state index is 11.5. The van der Waals surface area contributed by atoms with Crippen molar-refractivity contribution in [2.24, 2.45) is 5.92 Å². The maximum atomic E-state index is 11.5. The first kappa shape index (κ1) is 13.4. The van der Waals surface area contributed by atoms with E-state index in [4.69, 9.17) is 0 Å². The fourth-order valence-electron chi connectivity index (χ4n) is 2.27. The van der Waals surface area contributed by atoms with Crippen molar-refractivity contribution in [2.75, 3.05) is 0 Å². The number of benzene rings is 1. The van der Waals surface area contributed by atoms with Gasteiger partial charge in [-0.15, -0.1) is 0 Å². The van der Waals surface area contributed by atoms with E-state index in [1.54, 1.807) is 0 Å². The predicted molar refractivity (Wildman–Crippen MR) is 66.0 cm³/mol. The molecular weight excluding hydrogens is 216 g/mol. The summed E-state index contributed by atoms with van der Waals surface area (Å²) in [6, 6.07) is 7.64. The van der Waals surface area contributed by atoms with Crippen LogP contribution >= 0.6 is 0 Å². The third-order valence-corrected chi connectivity index (χ3v) is 3.13. The minimum absolute atomic E-state index is 0.244. The number of hydrogen-bond donors (Lipinski definition) is 1. The van der Waals surface area contributed by atoms with Gasteiger partial charge in [-0.05, 0) is 31.4 Å². The van der Waals surface area contributed by atoms with Crippen LogP contribution in [0, 0.1) is 12.8 Å². The van der Waals surface area contributed by atoms with Crippen molar-refractivity contribution in [1.82, 2.24) is 0 Å². The summed E-state index contributed by atoms with van der Waals surface area (Å²) < 4.78 is 0. The second-order valence-electron chi connectivity index (χ2n) is 4.30. The highest BCUT2D eigenvalue weighted by Gasteiger charge is 2.32. The number of carbonyl (C=O) groups is 2. The lowest BCUT2D eigenvalue weighted by Crippen LogP contribution is -2.28. The fraction of sp³-hybridized carbons (Fsp3) is 0.429. The second kappa shape index (κ2) is 5.62. The second-order valence-corrected chi connectivity index (χ2v) is 4.30. The van der Waals surface area contributed by atoms with Crippen molar-refractivity contribution in [3.8, 4) is 0 Å². The molecule has 0 fully saturated rings. The maximum Gasteiger partial charge on any atom is 0.314 e. The van der Waals surface area contributed by atoms with Gasteiger partial charge in [-0.25, -0.2) is 0 Å². The van der Waals surface area contributed by atoms with Gasteiger partial charge in [0, 0.05) is 5.92 Å². The van der Waals surface area contributed by atoms with E-state index in [2.05, 4.69) is 0 Å². The molecule has 0 saturated heterocycles. The van der Waals surface area contributed by atoms with Crippen LogP contribution in [0.2, 0.25) is 0 Å². The van der Waals surface area contributed by atoms with Crippen molar-refractivity contribution in [2.45, 2.75) is 33.1 Å². The summed E-state index contributed by atoms with van der Waals surface area (Å²) in [7, 11) is 0. The summed E-state index contributed by atoms with van der Waals surface area (Å²) in [6.07, 6.45) is 0.640. The Morgan fingerprint density at radius 1 is 1.29 bits per heavy atom. The molecule has 0 amide bonds. The summed E-state index contributed by atoms with van der Waals surface area (Å²) in [6.45, 7) is 5.20. The molecule has 1 aromatic carbocycles. The molecule has 0 aliphatic carbocycles. The number of carbonyl (C=O) groups excluding carboxylic acids is 1. The van der Waals surface area contributed by atoms with Gasteiger partial charge in [0.1, 0.15) is 11.7 Å². The third-order valence-electron chi connectivity index (χ3n) is 3.13. The number of hydrogen-bond acceptors (Lipinski definition) is 2. The number of Topliss-reactive ketones (excluding diaryl/α,β-unsaturated/α-hetero) is 1. The van der Waals surface area contributed by atoms with E-state index in [0.717, 1.165) is 11.1 Å². The van der Waals surface area contributed by atoms with Crippen LogP contribution in [0.25, 0.3) is 0 Å². The molecule has 0 aromatic heterocycles. The molecule has 1 aromatic rings. The van der Waals surface area contributed by atoms with Gasteiger partial charge in [-0.3, -0.25) is 9.59 Å². The van der Waals surface area contributed by atoms with E-state index in [1.165, 1.54) is 6.92 Å². The standard InChI is InChI=1S/C14H18O3/c1-4-11(13(10(3)15)14(16)17)12-8-6-5-7-9(12)2/h5-8,11,13H,4H2,1-3H3,(H,16,17). The Bertz CT molecular complexity index is 409. The van der Waals surface area contributed by atoms with Crippen LogP contribution in [0.15, 0.2) is 24.3 Å². The van der Waals surface area contributed by atoms with Gasteiger partial charge in [0.2, 0.25) is 0 Å². The summed E-state index contributed by atoms with van der Waals surface area (Å²) in [5.41, 5.74) is 1.99. The lowest BCUT2D eigenvalue weighted by Gasteiger charge is -2.22. The van der Waals surface area contributed by atoms with Gasteiger partial charge in [0.05, 0.1) is 0 Å². The van der Waals surface area contributed by atoms with Crippen molar-refractivity contribution in [1.29, 1.82) is 0 Å². The molecule has 17 heavy (non-hydrogen) atoms. The molecule has 0 saturated carbocycles. The number of carboxylic acids is 1. The molecule has 92 valence electrons. The SMILES string of the molecule is CCC(c1ccccc1C)C(C(C)=O)C(=O)O. The third kappa shape index (κ3) is 2.93. The van der Waals surface area contributed by atoms with Crippen LogP contribution < -0.4 is 0 Å². The number of ketones is 1. The lowest BCUT2D eigenvalue weighted by atomic mass is 9.80. The van der Waals surface area contributed by atoms with Crippen LogP contribution in [0.1, 0.15) is 37.3 Å². The summed E-state index contributed by atoms with van der Waals surface area (Å²) in [4.78, 5) is 22.7. The van der Waals surface area contributed by atoms with Gasteiger partial charge in [-0.2, -0.15) is 0 Å². The molecule has 0 radical (unpaired) electrons. The average molecular weight is 234 g/mol. The molecule has 1 rings (SSSR count). The zero-order chi connectivity index (χ0) is 13.0. The molecule has 0 bridgehead atoms. The quantitative estimate of drug-likeness (QED) is 0.797. The highest BCUT2D eigenvalue weighted by atomic mass is 16.4. The molecule has 0 heterocycles. The number of carboxylic acid groups (broad SMARTS) is 1. The van der Waals surface area contributed by atoms with Crippen molar-refractivity contribution in [3.05, 3.63) is 35.4 Å². The Balaban J connectivity index is 3.18. The summed E-state index contributed by atoms with van der Waals surface area (Å²) >= 11 is 0. The molecule has 0 spiro atoms. The normalized spacial score (nSPS) is 14.1. The molecule has 0 aliphatic rings.